The third-order valence-corrected chi connectivity index (χ3v) is 1.89. The second kappa shape index (κ2) is 8.95. The van der Waals surface area contributed by atoms with Gasteiger partial charge in [-0.25, -0.2) is 0 Å². The minimum Gasteiger partial charge on any atom is -0.462 e. The standard InChI is InChI=1S/C12H20O4/c1-4-5-7-12(16-11(3)14)8-6-9-15-10(2)13/h6,8,12H,4-5,7,9H2,1-3H3. The first-order valence-corrected chi connectivity index (χ1v) is 5.53. The van der Waals surface area contributed by atoms with Gasteiger partial charge in [0.25, 0.3) is 0 Å². The zero-order chi connectivity index (χ0) is 12.4. The Morgan fingerprint density at radius 3 is 2.44 bits per heavy atom. The lowest BCUT2D eigenvalue weighted by molar-refractivity contribution is -0.144. The smallest absolute Gasteiger partial charge is 0.303 e. The zero-order valence-corrected chi connectivity index (χ0v) is 10.2. The molecule has 1 atom stereocenters. The number of carbonyl (C=O) groups is 2. The Bertz CT molecular complexity index is 245. The van der Waals surface area contributed by atoms with Crippen LogP contribution in [-0.2, 0) is 19.1 Å². The summed E-state index contributed by atoms with van der Waals surface area (Å²) in [4.78, 5) is 21.3. The molecular weight excluding hydrogens is 208 g/mol. The summed E-state index contributed by atoms with van der Waals surface area (Å²) in [5.74, 6) is -0.611. The van der Waals surface area contributed by atoms with Gasteiger partial charge in [0.2, 0.25) is 0 Å². The highest BCUT2D eigenvalue weighted by molar-refractivity contribution is 5.66. The van der Waals surface area contributed by atoms with Crippen LogP contribution in [0.3, 0.4) is 0 Å². The molecule has 0 saturated carbocycles. The van der Waals surface area contributed by atoms with Crippen molar-refractivity contribution in [1.29, 1.82) is 0 Å². The first kappa shape index (κ1) is 14.7. The first-order chi connectivity index (χ1) is 7.56. The van der Waals surface area contributed by atoms with Gasteiger partial charge in [0.15, 0.2) is 0 Å². The Morgan fingerprint density at radius 2 is 1.94 bits per heavy atom. The minimum absolute atomic E-state index is 0.215. The summed E-state index contributed by atoms with van der Waals surface area (Å²) in [6, 6.07) is 0. The fourth-order valence-electron chi connectivity index (χ4n) is 1.19. The SMILES string of the molecule is CCCCC(C=CCOC(C)=O)OC(C)=O. The van der Waals surface area contributed by atoms with Crippen LogP contribution in [0.25, 0.3) is 0 Å². The van der Waals surface area contributed by atoms with Crippen molar-refractivity contribution in [3.8, 4) is 0 Å². The van der Waals surface area contributed by atoms with Gasteiger partial charge in [0, 0.05) is 13.8 Å². The molecule has 92 valence electrons. The molecule has 0 aromatic carbocycles. The molecule has 0 N–H and O–H groups in total. The molecule has 4 heteroatoms. The van der Waals surface area contributed by atoms with Crippen LogP contribution in [0, 0.1) is 0 Å². The number of carbonyl (C=O) groups excluding carboxylic acids is 2. The Kier molecular flexibility index (Phi) is 8.21. The van der Waals surface area contributed by atoms with Gasteiger partial charge in [0.1, 0.15) is 12.7 Å². The summed E-state index contributed by atoms with van der Waals surface area (Å²) in [5.41, 5.74) is 0. The number of unbranched alkanes of at least 4 members (excludes halogenated alkanes) is 1. The minimum atomic E-state index is -0.317. The average Bonchev–Trinajstić information content (AvgIpc) is 2.19. The molecule has 0 rings (SSSR count). The molecule has 0 aliphatic rings. The van der Waals surface area contributed by atoms with Gasteiger partial charge in [0.05, 0.1) is 0 Å². The van der Waals surface area contributed by atoms with E-state index >= 15 is 0 Å². The molecule has 0 bridgehead atoms. The van der Waals surface area contributed by atoms with E-state index in [0.29, 0.717) is 0 Å². The summed E-state index contributed by atoms with van der Waals surface area (Å²) < 4.78 is 9.83. The van der Waals surface area contributed by atoms with Gasteiger partial charge in [-0.1, -0.05) is 13.3 Å². The van der Waals surface area contributed by atoms with Gasteiger partial charge in [-0.05, 0) is 25.0 Å². The van der Waals surface area contributed by atoms with Crippen LogP contribution in [0.2, 0.25) is 0 Å². The van der Waals surface area contributed by atoms with E-state index in [9.17, 15) is 9.59 Å². The third kappa shape index (κ3) is 9.24. The highest BCUT2D eigenvalue weighted by Gasteiger charge is 2.06. The highest BCUT2D eigenvalue weighted by Crippen LogP contribution is 2.06. The van der Waals surface area contributed by atoms with Crippen LogP contribution in [0.15, 0.2) is 12.2 Å². The largest absolute Gasteiger partial charge is 0.462 e. The molecule has 1 unspecified atom stereocenters. The topological polar surface area (TPSA) is 52.6 Å². The maximum atomic E-state index is 10.8. The van der Waals surface area contributed by atoms with E-state index in [4.69, 9.17) is 9.47 Å². The summed E-state index contributed by atoms with van der Waals surface area (Å²) in [6.07, 6.45) is 6.09. The van der Waals surface area contributed by atoms with Crippen LogP contribution in [0.4, 0.5) is 0 Å². The Morgan fingerprint density at radius 1 is 1.25 bits per heavy atom. The van der Waals surface area contributed by atoms with Crippen molar-refractivity contribution in [2.45, 2.75) is 46.1 Å². The van der Waals surface area contributed by atoms with Crippen molar-refractivity contribution >= 4 is 11.9 Å². The van der Waals surface area contributed by atoms with E-state index in [1.165, 1.54) is 13.8 Å². The van der Waals surface area contributed by atoms with Crippen molar-refractivity contribution in [1.82, 2.24) is 0 Å². The summed E-state index contributed by atoms with van der Waals surface area (Å²) in [7, 11) is 0. The predicted molar refractivity (Wildman–Crippen MR) is 60.9 cm³/mol. The lowest BCUT2D eigenvalue weighted by atomic mass is 10.1. The molecule has 0 radical (unpaired) electrons. The van der Waals surface area contributed by atoms with Gasteiger partial charge in [-0.2, -0.15) is 0 Å². The highest BCUT2D eigenvalue weighted by atomic mass is 16.5. The number of esters is 2. The maximum Gasteiger partial charge on any atom is 0.303 e. The number of hydrogen-bond acceptors (Lipinski definition) is 4. The Labute approximate surface area is 96.6 Å². The van der Waals surface area contributed by atoms with Crippen molar-refractivity contribution in [2.24, 2.45) is 0 Å². The van der Waals surface area contributed by atoms with Gasteiger partial charge in [-0.15, -0.1) is 0 Å². The predicted octanol–water partition coefficient (Wildman–Crippen LogP) is 2.23. The van der Waals surface area contributed by atoms with Crippen molar-refractivity contribution in [2.75, 3.05) is 6.61 Å². The molecule has 0 aromatic rings. The van der Waals surface area contributed by atoms with E-state index in [-0.39, 0.29) is 24.6 Å². The van der Waals surface area contributed by atoms with Crippen molar-refractivity contribution in [3.63, 3.8) is 0 Å². The molecule has 0 aromatic heterocycles. The molecule has 0 amide bonds. The number of hydrogen-bond donors (Lipinski definition) is 0. The monoisotopic (exact) mass is 228 g/mol. The summed E-state index contributed by atoms with van der Waals surface area (Å²) >= 11 is 0. The quantitative estimate of drug-likeness (QED) is 0.495. The van der Waals surface area contributed by atoms with Crippen molar-refractivity contribution < 1.29 is 19.1 Å². The van der Waals surface area contributed by atoms with Crippen LogP contribution < -0.4 is 0 Å². The second-order valence-electron chi connectivity index (χ2n) is 3.52. The van der Waals surface area contributed by atoms with Crippen LogP contribution >= 0.6 is 0 Å². The van der Waals surface area contributed by atoms with E-state index in [0.717, 1.165) is 19.3 Å². The van der Waals surface area contributed by atoms with E-state index < -0.39 is 0 Å². The Balaban J connectivity index is 3.97. The molecule has 4 nitrogen and oxygen atoms in total. The molecule has 0 fully saturated rings. The molecular formula is C12H20O4. The van der Waals surface area contributed by atoms with Crippen LogP contribution in [0.1, 0.15) is 40.0 Å². The summed E-state index contributed by atoms with van der Waals surface area (Å²) in [5, 5.41) is 0. The fraction of sp³-hybridized carbons (Fsp3) is 0.667. The van der Waals surface area contributed by atoms with E-state index in [2.05, 4.69) is 6.92 Å². The Hall–Kier alpha value is -1.32. The maximum absolute atomic E-state index is 10.8. The lowest BCUT2D eigenvalue weighted by Gasteiger charge is -2.12. The third-order valence-electron chi connectivity index (χ3n) is 1.89. The first-order valence-electron chi connectivity index (χ1n) is 5.53. The van der Waals surface area contributed by atoms with Gasteiger partial charge in [-0.3, -0.25) is 9.59 Å². The molecule has 0 spiro atoms. The second-order valence-corrected chi connectivity index (χ2v) is 3.52. The lowest BCUT2D eigenvalue weighted by Crippen LogP contribution is -2.13. The molecule has 0 heterocycles. The van der Waals surface area contributed by atoms with Crippen LogP contribution in [-0.4, -0.2) is 24.6 Å². The molecule has 0 saturated heterocycles. The molecule has 16 heavy (non-hydrogen) atoms. The normalized spacial score (nSPS) is 12.4. The van der Waals surface area contributed by atoms with Crippen molar-refractivity contribution in [3.05, 3.63) is 12.2 Å². The summed E-state index contributed by atoms with van der Waals surface area (Å²) in [6.45, 7) is 5.04. The van der Waals surface area contributed by atoms with Gasteiger partial charge >= 0.3 is 11.9 Å². The molecule has 0 aliphatic carbocycles. The van der Waals surface area contributed by atoms with Gasteiger partial charge < -0.3 is 9.47 Å². The fourth-order valence-corrected chi connectivity index (χ4v) is 1.19. The number of ether oxygens (including phenoxy) is 2. The number of rotatable bonds is 7. The van der Waals surface area contributed by atoms with Crippen LogP contribution in [0.5, 0.6) is 0 Å². The average molecular weight is 228 g/mol. The van der Waals surface area contributed by atoms with E-state index in [1.54, 1.807) is 12.2 Å². The van der Waals surface area contributed by atoms with E-state index in [1.807, 2.05) is 0 Å². The molecule has 0 aliphatic heterocycles. The zero-order valence-electron chi connectivity index (χ0n) is 10.2.